The number of carbonyl (C=O) groups excluding carboxylic acids is 1. The third-order valence-corrected chi connectivity index (χ3v) is 2.81. The molecule has 2 aromatic carbocycles. The van der Waals surface area contributed by atoms with Crippen LogP contribution in [-0.2, 0) is 6.18 Å². The number of phenolic OH excluding ortho intramolecular Hbond substituents is 3. The SMILES string of the molecule is O=C(Nc1cc(O)c(O)c(O)c1)Nc1ccccc1C(F)(F)F. The molecule has 0 heterocycles. The molecule has 2 aromatic rings. The molecule has 0 saturated heterocycles. The van der Waals surface area contributed by atoms with Gasteiger partial charge in [-0.25, -0.2) is 4.79 Å². The molecule has 2 amide bonds. The molecule has 0 fully saturated rings. The van der Waals surface area contributed by atoms with Gasteiger partial charge in [-0.05, 0) is 12.1 Å². The van der Waals surface area contributed by atoms with Gasteiger partial charge in [0, 0.05) is 12.1 Å². The first-order valence-corrected chi connectivity index (χ1v) is 6.17. The maximum atomic E-state index is 12.8. The van der Waals surface area contributed by atoms with E-state index in [4.69, 9.17) is 0 Å². The molecule has 0 radical (unpaired) electrons. The minimum Gasteiger partial charge on any atom is -0.504 e. The summed E-state index contributed by atoms with van der Waals surface area (Å²) in [5.74, 6) is -2.18. The highest BCUT2D eigenvalue weighted by Gasteiger charge is 2.33. The van der Waals surface area contributed by atoms with E-state index in [0.717, 1.165) is 24.3 Å². The zero-order valence-corrected chi connectivity index (χ0v) is 11.3. The molecular weight excluding hydrogens is 317 g/mol. The number of phenols is 3. The highest BCUT2D eigenvalue weighted by molar-refractivity contribution is 6.00. The second-order valence-corrected chi connectivity index (χ2v) is 4.49. The molecule has 2 rings (SSSR count). The van der Waals surface area contributed by atoms with Crippen molar-refractivity contribution in [2.45, 2.75) is 6.18 Å². The van der Waals surface area contributed by atoms with E-state index in [9.17, 15) is 33.3 Å². The van der Waals surface area contributed by atoms with Crippen LogP contribution in [0.5, 0.6) is 17.2 Å². The van der Waals surface area contributed by atoms with E-state index in [1.807, 2.05) is 5.32 Å². The van der Waals surface area contributed by atoms with Crippen molar-refractivity contribution in [2.75, 3.05) is 10.6 Å². The molecule has 0 aliphatic heterocycles. The van der Waals surface area contributed by atoms with Crippen molar-refractivity contribution in [3.63, 3.8) is 0 Å². The minimum absolute atomic E-state index is 0.125. The number of hydrogen-bond donors (Lipinski definition) is 5. The Balaban J connectivity index is 2.18. The predicted molar refractivity (Wildman–Crippen MR) is 75.5 cm³/mol. The number of halogens is 3. The number of aromatic hydroxyl groups is 3. The molecule has 0 aromatic heterocycles. The third-order valence-electron chi connectivity index (χ3n) is 2.81. The van der Waals surface area contributed by atoms with Gasteiger partial charge in [0.2, 0.25) is 0 Å². The number of alkyl halides is 3. The zero-order valence-electron chi connectivity index (χ0n) is 11.3. The molecule has 5 N–H and O–H groups in total. The summed E-state index contributed by atoms with van der Waals surface area (Å²) in [7, 11) is 0. The lowest BCUT2D eigenvalue weighted by Gasteiger charge is -2.14. The number of hydrogen-bond acceptors (Lipinski definition) is 4. The summed E-state index contributed by atoms with van der Waals surface area (Å²) in [5, 5.41) is 31.9. The largest absolute Gasteiger partial charge is 0.504 e. The van der Waals surface area contributed by atoms with Crippen LogP contribution in [-0.4, -0.2) is 21.4 Å². The zero-order chi connectivity index (χ0) is 17.2. The second kappa shape index (κ2) is 5.95. The topological polar surface area (TPSA) is 102 Å². The minimum atomic E-state index is -4.64. The van der Waals surface area contributed by atoms with Crippen LogP contribution in [0, 0.1) is 0 Å². The summed E-state index contributed by atoms with van der Waals surface area (Å²) in [6, 6.07) is 5.22. The Morgan fingerprint density at radius 1 is 0.957 bits per heavy atom. The van der Waals surface area contributed by atoms with Gasteiger partial charge in [0.25, 0.3) is 0 Å². The molecule has 0 spiro atoms. The number of urea groups is 1. The number of para-hydroxylation sites is 1. The molecule has 0 atom stereocenters. The van der Waals surface area contributed by atoms with Gasteiger partial charge in [0.05, 0.1) is 16.9 Å². The van der Waals surface area contributed by atoms with Gasteiger partial charge < -0.3 is 26.0 Å². The van der Waals surface area contributed by atoms with Crippen molar-refractivity contribution in [1.29, 1.82) is 0 Å². The Kier molecular flexibility index (Phi) is 4.21. The summed E-state index contributed by atoms with van der Waals surface area (Å²) in [6.45, 7) is 0. The lowest BCUT2D eigenvalue weighted by atomic mass is 10.1. The van der Waals surface area contributed by atoms with Crippen LogP contribution in [0.3, 0.4) is 0 Å². The van der Waals surface area contributed by atoms with Crippen molar-refractivity contribution >= 4 is 17.4 Å². The molecular formula is C14H11F3N2O4. The quantitative estimate of drug-likeness (QED) is 0.430. The fraction of sp³-hybridized carbons (Fsp3) is 0.0714. The summed E-state index contributed by atoms with van der Waals surface area (Å²) < 4.78 is 38.4. The van der Waals surface area contributed by atoms with Gasteiger partial charge in [0.1, 0.15) is 0 Å². The van der Waals surface area contributed by atoms with Gasteiger partial charge in [-0.1, -0.05) is 12.1 Å². The van der Waals surface area contributed by atoms with Crippen molar-refractivity contribution in [3.05, 3.63) is 42.0 Å². The monoisotopic (exact) mass is 328 g/mol. The normalized spacial score (nSPS) is 11.1. The number of nitrogens with one attached hydrogen (secondary N) is 2. The van der Waals surface area contributed by atoms with Crippen LogP contribution in [0.15, 0.2) is 36.4 Å². The maximum absolute atomic E-state index is 12.8. The Labute approximate surface area is 127 Å². The molecule has 0 saturated carbocycles. The van der Waals surface area contributed by atoms with Gasteiger partial charge in [0.15, 0.2) is 17.2 Å². The third kappa shape index (κ3) is 3.76. The average Bonchev–Trinajstić information content (AvgIpc) is 2.44. The van der Waals surface area contributed by atoms with E-state index in [1.165, 1.54) is 12.1 Å². The summed E-state index contributed by atoms with van der Waals surface area (Å²) >= 11 is 0. The molecule has 23 heavy (non-hydrogen) atoms. The van der Waals surface area contributed by atoms with E-state index in [-0.39, 0.29) is 5.69 Å². The van der Waals surface area contributed by atoms with Gasteiger partial charge in [-0.3, -0.25) is 0 Å². The number of rotatable bonds is 2. The molecule has 6 nitrogen and oxygen atoms in total. The van der Waals surface area contributed by atoms with Crippen molar-refractivity contribution < 1.29 is 33.3 Å². The molecule has 0 bridgehead atoms. The molecule has 122 valence electrons. The van der Waals surface area contributed by atoms with Crippen LogP contribution in [0.1, 0.15) is 5.56 Å². The Morgan fingerprint density at radius 2 is 1.52 bits per heavy atom. The fourth-order valence-corrected chi connectivity index (χ4v) is 1.80. The fourth-order valence-electron chi connectivity index (χ4n) is 1.80. The number of amides is 2. The Morgan fingerprint density at radius 3 is 2.09 bits per heavy atom. The standard InChI is InChI=1S/C14H11F3N2O4/c15-14(16,17)8-3-1-2-4-9(8)19-13(23)18-7-5-10(20)12(22)11(21)6-7/h1-6,20-22H,(H2,18,19,23). The van der Waals surface area contributed by atoms with E-state index >= 15 is 0 Å². The van der Waals surface area contributed by atoms with Gasteiger partial charge >= 0.3 is 12.2 Å². The van der Waals surface area contributed by atoms with E-state index in [2.05, 4.69) is 5.32 Å². The number of anilines is 2. The molecule has 0 unspecified atom stereocenters. The summed E-state index contributed by atoms with van der Waals surface area (Å²) in [5.41, 5.74) is -1.60. The first-order chi connectivity index (χ1) is 10.7. The average molecular weight is 328 g/mol. The smallest absolute Gasteiger partial charge is 0.418 e. The van der Waals surface area contributed by atoms with Crippen LogP contribution in [0.2, 0.25) is 0 Å². The molecule has 9 heteroatoms. The molecule has 0 aliphatic carbocycles. The van der Waals surface area contributed by atoms with Crippen LogP contribution >= 0.6 is 0 Å². The summed E-state index contributed by atoms with van der Waals surface area (Å²) in [6.07, 6.45) is -4.64. The van der Waals surface area contributed by atoms with E-state index in [0.29, 0.717) is 0 Å². The van der Waals surface area contributed by atoms with Gasteiger partial charge in [-0.15, -0.1) is 0 Å². The van der Waals surface area contributed by atoms with E-state index in [1.54, 1.807) is 0 Å². The lowest BCUT2D eigenvalue weighted by molar-refractivity contribution is -0.136. The number of carbonyl (C=O) groups is 1. The van der Waals surface area contributed by atoms with Gasteiger partial charge in [-0.2, -0.15) is 13.2 Å². The predicted octanol–water partition coefficient (Wildman–Crippen LogP) is 3.47. The maximum Gasteiger partial charge on any atom is 0.418 e. The van der Waals surface area contributed by atoms with Crippen LogP contribution in [0.25, 0.3) is 0 Å². The Hall–Kier alpha value is -3.10. The first-order valence-electron chi connectivity index (χ1n) is 6.17. The van der Waals surface area contributed by atoms with Crippen molar-refractivity contribution in [2.24, 2.45) is 0 Å². The number of benzene rings is 2. The molecule has 0 aliphatic rings. The first kappa shape index (κ1) is 16.3. The van der Waals surface area contributed by atoms with Crippen molar-refractivity contribution in [1.82, 2.24) is 0 Å². The summed E-state index contributed by atoms with van der Waals surface area (Å²) in [4.78, 5) is 11.8. The van der Waals surface area contributed by atoms with Crippen LogP contribution < -0.4 is 10.6 Å². The second-order valence-electron chi connectivity index (χ2n) is 4.49. The van der Waals surface area contributed by atoms with E-state index < -0.39 is 40.7 Å². The highest BCUT2D eigenvalue weighted by atomic mass is 19.4. The Bertz CT molecular complexity index is 724. The van der Waals surface area contributed by atoms with Crippen molar-refractivity contribution in [3.8, 4) is 17.2 Å². The highest BCUT2D eigenvalue weighted by Crippen LogP contribution is 2.37. The van der Waals surface area contributed by atoms with Crippen LogP contribution in [0.4, 0.5) is 29.3 Å². The lowest BCUT2D eigenvalue weighted by Crippen LogP contribution is -2.21.